The van der Waals surface area contributed by atoms with Gasteiger partial charge < -0.3 is 10.2 Å². The number of amides is 1. The van der Waals surface area contributed by atoms with Crippen LogP contribution in [0.25, 0.3) is 0 Å². The van der Waals surface area contributed by atoms with E-state index in [1.165, 1.54) is 5.56 Å². The molecule has 22 heavy (non-hydrogen) atoms. The molecular formula is C17H20N4O. The number of fused-ring (bicyclic) bond motifs is 1. The van der Waals surface area contributed by atoms with E-state index in [1.807, 2.05) is 18.2 Å². The van der Waals surface area contributed by atoms with Crippen LogP contribution in [0.3, 0.4) is 0 Å². The number of unbranched alkanes of at least 4 members (excludes halogenated alkanes) is 1. The molecule has 1 aromatic carbocycles. The van der Waals surface area contributed by atoms with E-state index in [2.05, 4.69) is 28.3 Å². The highest BCUT2D eigenvalue weighted by Gasteiger charge is 2.26. The summed E-state index contributed by atoms with van der Waals surface area (Å²) in [5, 5.41) is 3.16. The second-order valence-electron chi connectivity index (χ2n) is 5.38. The van der Waals surface area contributed by atoms with Crippen LogP contribution in [0.15, 0.2) is 36.5 Å². The van der Waals surface area contributed by atoms with Gasteiger partial charge in [0.2, 0.25) is 5.95 Å². The fourth-order valence-electron chi connectivity index (χ4n) is 2.63. The lowest BCUT2D eigenvalue weighted by Gasteiger charge is -2.17. The molecule has 2 heterocycles. The minimum atomic E-state index is -0.0640. The van der Waals surface area contributed by atoms with E-state index in [1.54, 1.807) is 17.2 Å². The SMILES string of the molecule is CCCCNc1nccc(C(=O)N2CCc3ccccc32)n1. The zero-order chi connectivity index (χ0) is 15.4. The van der Waals surface area contributed by atoms with Gasteiger partial charge in [-0.3, -0.25) is 4.79 Å². The lowest BCUT2D eigenvalue weighted by atomic mass is 10.2. The molecule has 5 heteroatoms. The van der Waals surface area contributed by atoms with Crippen LogP contribution in [0, 0.1) is 0 Å². The third-order valence-corrected chi connectivity index (χ3v) is 3.82. The van der Waals surface area contributed by atoms with Crippen molar-refractivity contribution in [3.8, 4) is 0 Å². The van der Waals surface area contributed by atoms with Crippen molar-refractivity contribution in [2.45, 2.75) is 26.2 Å². The van der Waals surface area contributed by atoms with Gasteiger partial charge in [-0.05, 0) is 30.5 Å². The number of benzene rings is 1. The molecule has 3 rings (SSSR count). The second-order valence-corrected chi connectivity index (χ2v) is 5.38. The average molecular weight is 296 g/mol. The molecule has 0 unspecified atom stereocenters. The first-order valence-corrected chi connectivity index (χ1v) is 7.76. The standard InChI is InChI=1S/C17H20N4O/c1-2-3-10-18-17-19-11-8-14(20-17)16(22)21-12-9-13-6-4-5-7-15(13)21/h4-8,11H,2-3,9-10,12H2,1H3,(H,18,19,20). The van der Waals surface area contributed by atoms with Crippen LogP contribution in [0.2, 0.25) is 0 Å². The summed E-state index contributed by atoms with van der Waals surface area (Å²) < 4.78 is 0. The summed E-state index contributed by atoms with van der Waals surface area (Å²) in [7, 11) is 0. The van der Waals surface area contributed by atoms with Gasteiger partial charge in [0.15, 0.2) is 0 Å². The van der Waals surface area contributed by atoms with E-state index in [0.29, 0.717) is 18.2 Å². The molecule has 1 aliphatic rings. The highest BCUT2D eigenvalue weighted by molar-refractivity contribution is 6.06. The highest BCUT2D eigenvalue weighted by Crippen LogP contribution is 2.28. The van der Waals surface area contributed by atoms with Crippen molar-refractivity contribution in [2.24, 2.45) is 0 Å². The summed E-state index contributed by atoms with van der Waals surface area (Å²) in [6.45, 7) is 3.66. The first-order valence-electron chi connectivity index (χ1n) is 7.76. The minimum Gasteiger partial charge on any atom is -0.354 e. The zero-order valence-corrected chi connectivity index (χ0v) is 12.7. The molecule has 2 aromatic rings. The van der Waals surface area contributed by atoms with Crippen molar-refractivity contribution >= 4 is 17.5 Å². The highest BCUT2D eigenvalue weighted by atomic mass is 16.2. The molecule has 0 atom stereocenters. The Kier molecular flexibility index (Phi) is 4.32. The molecule has 0 aliphatic carbocycles. The Morgan fingerprint density at radius 3 is 3.05 bits per heavy atom. The Morgan fingerprint density at radius 1 is 1.32 bits per heavy atom. The molecule has 1 aliphatic heterocycles. The Balaban J connectivity index is 1.77. The number of anilines is 2. The van der Waals surface area contributed by atoms with Crippen molar-refractivity contribution in [3.63, 3.8) is 0 Å². The van der Waals surface area contributed by atoms with Gasteiger partial charge in [-0.25, -0.2) is 9.97 Å². The molecule has 0 fully saturated rings. The van der Waals surface area contributed by atoms with Crippen molar-refractivity contribution in [1.82, 2.24) is 9.97 Å². The van der Waals surface area contributed by atoms with Crippen LogP contribution in [-0.4, -0.2) is 29.0 Å². The first kappa shape index (κ1) is 14.5. The van der Waals surface area contributed by atoms with Gasteiger partial charge >= 0.3 is 0 Å². The molecule has 114 valence electrons. The Hall–Kier alpha value is -2.43. The van der Waals surface area contributed by atoms with E-state index in [4.69, 9.17) is 0 Å². The van der Waals surface area contributed by atoms with Gasteiger partial charge in [0.1, 0.15) is 5.69 Å². The summed E-state index contributed by atoms with van der Waals surface area (Å²) in [6.07, 6.45) is 4.70. The number of nitrogens with one attached hydrogen (secondary N) is 1. The molecule has 1 amide bonds. The van der Waals surface area contributed by atoms with E-state index < -0.39 is 0 Å². The van der Waals surface area contributed by atoms with Crippen molar-refractivity contribution in [2.75, 3.05) is 23.3 Å². The van der Waals surface area contributed by atoms with Gasteiger partial charge in [0.25, 0.3) is 5.91 Å². The van der Waals surface area contributed by atoms with E-state index in [-0.39, 0.29) is 5.91 Å². The molecule has 1 aromatic heterocycles. The van der Waals surface area contributed by atoms with Crippen LogP contribution in [-0.2, 0) is 6.42 Å². The lowest BCUT2D eigenvalue weighted by molar-refractivity contribution is 0.0984. The van der Waals surface area contributed by atoms with Crippen molar-refractivity contribution in [3.05, 3.63) is 47.8 Å². The predicted molar refractivity (Wildman–Crippen MR) is 87.3 cm³/mol. The number of carbonyl (C=O) groups is 1. The van der Waals surface area contributed by atoms with E-state index >= 15 is 0 Å². The quantitative estimate of drug-likeness (QED) is 0.862. The largest absolute Gasteiger partial charge is 0.354 e. The molecule has 0 spiro atoms. The summed E-state index contributed by atoms with van der Waals surface area (Å²) in [5.41, 5.74) is 2.64. The van der Waals surface area contributed by atoms with Crippen LogP contribution in [0.5, 0.6) is 0 Å². The van der Waals surface area contributed by atoms with Gasteiger partial charge in [-0.15, -0.1) is 0 Å². The Bertz CT molecular complexity index is 671. The zero-order valence-electron chi connectivity index (χ0n) is 12.7. The maximum absolute atomic E-state index is 12.7. The molecule has 0 saturated heterocycles. The topological polar surface area (TPSA) is 58.1 Å². The molecule has 0 bridgehead atoms. The predicted octanol–water partition coefficient (Wildman–Crippen LogP) is 2.89. The smallest absolute Gasteiger partial charge is 0.277 e. The summed E-state index contributed by atoms with van der Waals surface area (Å²) in [5.74, 6) is 0.456. The molecule has 5 nitrogen and oxygen atoms in total. The van der Waals surface area contributed by atoms with Crippen LogP contribution in [0.1, 0.15) is 35.8 Å². The Morgan fingerprint density at radius 2 is 2.18 bits per heavy atom. The van der Waals surface area contributed by atoms with E-state index in [9.17, 15) is 4.79 Å². The fourth-order valence-corrected chi connectivity index (χ4v) is 2.63. The summed E-state index contributed by atoms with van der Waals surface area (Å²) in [4.78, 5) is 23.0. The molecular weight excluding hydrogens is 276 g/mol. The lowest BCUT2D eigenvalue weighted by Crippen LogP contribution is -2.29. The minimum absolute atomic E-state index is 0.0640. The Labute approximate surface area is 130 Å². The van der Waals surface area contributed by atoms with Gasteiger partial charge in [0.05, 0.1) is 0 Å². The number of rotatable bonds is 5. The monoisotopic (exact) mass is 296 g/mol. The van der Waals surface area contributed by atoms with Crippen LogP contribution in [0.4, 0.5) is 11.6 Å². The maximum atomic E-state index is 12.7. The summed E-state index contributed by atoms with van der Waals surface area (Å²) in [6, 6.07) is 9.70. The first-order chi connectivity index (χ1) is 10.8. The molecule has 0 radical (unpaired) electrons. The number of aromatic nitrogens is 2. The maximum Gasteiger partial charge on any atom is 0.277 e. The number of hydrogen-bond acceptors (Lipinski definition) is 4. The third kappa shape index (κ3) is 2.93. The van der Waals surface area contributed by atoms with Gasteiger partial charge in [-0.2, -0.15) is 0 Å². The molecule has 0 saturated carbocycles. The number of nitrogens with zero attached hydrogens (tertiary/aromatic N) is 3. The second kappa shape index (κ2) is 6.56. The van der Waals surface area contributed by atoms with Crippen molar-refractivity contribution in [1.29, 1.82) is 0 Å². The average Bonchev–Trinajstić information content (AvgIpc) is 2.99. The summed E-state index contributed by atoms with van der Waals surface area (Å²) >= 11 is 0. The van der Waals surface area contributed by atoms with Crippen LogP contribution >= 0.6 is 0 Å². The fraction of sp³-hybridized carbons (Fsp3) is 0.353. The number of carbonyl (C=O) groups excluding carboxylic acids is 1. The normalized spacial score (nSPS) is 13.0. The molecule has 1 N–H and O–H groups in total. The van der Waals surface area contributed by atoms with E-state index in [0.717, 1.165) is 31.5 Å². The van der Waals surface area contributed by atoms with Gasteiger partial charge in [-0.1, -0.05) is 31.5 Å². The van der Waals surface area contributed by atoms with Crippen molar-refractivity contribution < 1.29 is 4.79 Å². The van der Waals surface area contributed by atoms with Crippen LogP contribution < -0.4 is 10.2 Å². The van der Waals surface area contributed by atoms with Gasteiger partial charge in [0, 0.05) is 25.0 Å². The number of para-hydroxylation sites is 1. The third-order valence-electron chi connectivity index (χ3n) is 3.82. The number of hydrogen-bond donors (Lipinski definition) is 1.